The van der Waals surface area contributed by atoms with Gasteiger partial charge in [0.25, 0.3) is 5.91 Å². The molecular weight excluding hydrogens is 400 g/mol. The number of carbonyl (C=O) groups is 1. The molecule has 0 atom stereocenters. The average Bonchev–Trinajstić information content (AvgIpc) is 3.17. The molecule has 0 spiro atoms. The summed E-state index contributed by atoms with van der Waals surface area (Å²) in [7, 11) is -3.65. The van der Waals surface area contributed by atoms with Gasteiger partial charge in [0.15, 0.2) is 0 Å². The highest BCUT2D eigenvalue weighted by molar-refractivity contribution is 7.89. The first-order chi connectivity index (χ1) is 13.4. The van der Waals surface area contributed by atoms with Crippen LogP contribution in [-0.2, 0) is 10.0 Å². The Bertz CT molecular complexity index is 1120. The van der Waals surface area contributed by atoms with Gasteiger partial charge >= 0.3 is 0 Å². The van der Waals surface area contributed by atoms with Crippen molar-refractivity contribution in [2.75, 3.05) is 26.2 Å². The maximum atomic E-state index is 13.1. The lowest BCUT2D eigenvalue weighted by molar-refractivity contribution is 0.0764. The van der Waals surface area contributed by atoms with Gasteiger partial charge in [-0.25, -0.2) is 8.42 Å². The average molecular weight is 421 g/mol. The third-order valence-electron chi connectivity index (χ3n) is 4.90. The molecule has 1 aliphatic heterocycles. The molecule has 9 nitrogen and oxygen atoms in total. The molecule has 1 amide bonds. The van der Waals surface area contributed by atoms with Gasteiger partial charge in [-0.05, 0) is 38.5 Å². The highest BCUT2D eigenvalue weighted by Crippen LogP contribution is 2.23. The van der Waals surface area contributed by atoms with Crippen molar-refractivity contribution in [3.05, 3.63) is 35.2 Å². The number of fused-ring (bicyclic) bond motifs is 1. The lowest BCUT2D eigenvalue weighted by Crippen LogP contribution is -2.37. The smallest absolute Gasteiger partial charge is 0.253 e. The number of carbonyl (C=O) groups excluding carboxylic acids is 1. The summed E-state index contributed by atoms with van der Waals surface area (Å²) in [5, 5.41) is 6.73. The van der Waals surface area contributed by atoms with Crippen LogP contribution in [0.15, 0.2) is 23.1 Å². The zero-order valence-electron chi connectivity index (χ0n) is 15.5. The monoisotopic (exact) mass is 420 g/mol. The highest BCUT2D eigenvalue weighted by atomic mass is 32.2. The van der Waals surface area contributed by atoms with Crippen LogP contribution in [0.2, 0.25) is 0 Å². The van der Waals surface area contributed by atoms with Crippen LogP contribution in [0.4, 0.5) is 0 Å². The molecule has 1 N–H and O–H groups in total. The molecule has 0 bridgehead atoms. The maximum absolute atomic E-state index is 13.1. The first-order valence-electron chi connectivity index (χ1n) is 8.91. The molecule has 1 aromatic carbocycles. The molecule has 0 unspecified atom stereocenters. The predicted octanol–water partition coefficient (Wildman–Crippen LogP) is 1.57. The second-order valence-electron chi connectivity index (χ2n) is 6.78. The van der Waals surface area contributed by atoms with Crippen LogP contribution in [-0.4, -0.2) is 68.7 Å². The van der Waals surface area contributed by atoms with Crippen molar-refractivity contribution in [3.8, 4) is 0 Å². The van der Waals surface area contributed by atoms with E-state index in [9.17, 15) is 13.2 Å². The summed E-state index contributed by atoms with van der Waals surface area (Å²) in [4.78, 5) is 14.8. The molecule has 0 radical (unpaired) electrons. The Hall–Kier alpha value is -2.37. The molecule has 4 rings (SSSR count). The Morgan fingerprint density at radius 2 is 1.89 bits per heavy atom. The van der Waals surface area contributed by atoms with E-state index in [1.807, 2.05) is 0 Å². The van der Waals surface area contributed by atoms with Crippen LogP contribution in [0.1, 0.15) is 28.2 Å². The Balaban J connectivity index is 1.52. The molecule has 11 heteroatoms. The molecule has 0 aliphatic carbocycles. The molecular formula is C17H20N6O3S2. The van der Waals surface area contributed by atoms with Crippen molar-refractivity contribution in [2.24, 2.45) is 0 Å². The molecule has 3 heterocycles. The van der Waals surface area contributed by atoms with Crippen LogP contribution >= 0.6 is 11.7 Å². The summed E-state index contributed by atoms with van der Waals surface area (Å²) < 4.78 is 35.9. The van der Waals surface area contributed by atoms with Crippen LogP contribution in [0.5, 0.6) is 0 Å². The van der Waals surface area contributed by atoms with Gasteiger partial charge in [0.1, 0.15) is 15.9 Å². The van der Waals surface area contributed by atoms with E-state index in [0.717, 1.165) is 17.2 Å². The highest BCUT2D eigenvalue weighted by Gasteiger charge is 2.32. The Morgan fingerprint density at radius 3 is 2.64 bits per heavy atom. The molecule has 1 aliphatic rings. The number of sulfonamides is 1. The quantitative estimate of drug-likeness (QED) is 0.688. The van der Waals surface area contributed by atoms with E-state index in [1.54, 1.807) is 36.9 Å². The minimum atomic E-state index is -3.65. The Labute approximate surface area is 166 Å². The number of hydrogen-bond donors (Lipinski definition) is 1. The molecule has 1 saturated heterocycles. The normalized spacial score (nSPS) is 16.4. The van der Waals surface area contributed by atoms with E-state index in [-0.39, 0.29) is 17.3 Å². The number of hydrogen-bond acceptors (Lipinski definition) is 7. The number of rotatable bonds is 3. The van der Waals surface area contributed by atoms with E-state index >= 15 is 0 Å². The number of aromatic nitrogens is 4. The van der Waals surface area contributed by atoms with Gasteiger partial charge < -0.3 is 4.90 Å². The standard InChI is InChI=1S/C17H20N6O3S2/c1-11-16(12(2)19-18-11)28(25,26)23-7-3-6-22(8-9-23)17(24)13-4-5-14-15(10-13)21-27-20-14/h4-5,10H,3,6-9H2,1-2H3,(H,18,19). The van der Waals surface area contributed by atoms with Crippen LogP contribution in [0.3, 0.4) is 0 Å². The topological polar surface area (TPSA) is 112 Å². The van der Waals surface area contributed by atoms with Crippen LogP contribution < -0.4 is 0 Å². The summed E-state index contributed by atoms with van der Waals surface area (Å²) >= 11 is 1.11. The van der Waals surface area contributed by atoms with Crippen LogP contribution in [0, 0.1) is 13.8 Å². The zero-order valence-corrected chi connectivity index (χ0v) is 17.2. The van der Waals surface area contributed by atoms with Gasteiger partial charge in [-0.15, -0.1) is 0 Å². The maximum Gasteiger partial charge on any atom is 0.253 e. The van der Waals surface area contributed by atoms with Crippen LogP contribution in [0.25, 0.3) is 11.0 Å². The molecule has 28 heavy (non-hydrogen) atoms. The van der Waals surface area contributed by atoms with E-state index < -0.39 is 10.0 Å². The minimum Gasteiger partial charge on any atom is -0.337 e. The van der Waals surface area contributed by atoms with E-state index in [2.05, 4.69) is 18.9 Å². The third kappa shape index (κ3) is 3.29. The Morgan fingerprint density at radius 1 is 1.11 bits per heavy atom. The minimum absolute atomic E-state index is 0.121. The number of aryl methyl sites for hydroxylation is 2. The molecule has 3 aromatic rings. The van der Waals surface area contributed by atoms with E-state index in [4.69, 9.17) is 0 Å². The molecule has 0 saturated carbocycles. The van der Waals surface area contributed by atoms with Crippen molar-refractivity contribution >= 4 is 38.7 Å². The summed E-state index contributed by atoms with van der Waals surface area (Å²) in [5.74, 6) is -0.121. The van der Waals surface area contributed by atoms with Gasteiger partial charge in [-0.2, -0.15) is 18.2 Å². The van der Waals surface area contributed by atoms with Gasteiger partial charge in [0.05, 0.1) is 23.1 Å². The number of nitrogens with one attached hydrogen (secondary N) is 1. The van der Waals surface area contributed by atoms with Crippen molar-refractivity contribution in [1.82, 2.24) is 28.1 Å². The van der Waals surface area contributed by atoms with Gasteiger partial charge in [0, 0.05) is 31.7 Å². The Kier molecular flexibility index (Phi) is 4.89. The summed E-state index contributed by atoms with van der Waals surface area (Å²) in [5.41, 5.74) is 2.99. The first-order valence-corrected chi connectivity index (χ1v) is 11.1. The number of benzene rings is 1. The fourth-order valence-corrected chi connectivity index (χ4v) is 5.80. The second-order valence-corrected chi connectivity index (χ2v) is 9.18. The van der Waals surface area contributed by atoms with Crippen molar-refractivity contribution in [1.29, 1.82) is 0 Å². The SMILES string of the molecule is Cc1n[nH]c(C)c1S(=O)(=O)N1CCCN(C(=O)c2ccc3nsnc3c2)CC1. The number of aromatic amines is 1. The summed E-state index contributed by atoms with van der Waals surface area (Å²) in [6, 6.07) is 5.26. The predicted molar refractivity (Wildman–Crippen MR) is 105 cm³/mol. The summed E-state index contributed by atoms with van der Waals surface area (Å²) in [6.07, 6.45) is 0.571. The van der Waals surface area contributed by atoms with Crippen molar-refractivity contribution < 1.29 is 13.2 Å². The second kappa shape index (κ2) is 7.22. The third-order valence-corrected chi connectivity index (χ3v) is 7.62. The van der Waals surface area contributed by atoms with Gasteiger partial charge in [0.2, 0.25) is 10.0 Å². The van der Waals surface area contributed by atoms with Gasteiger partial charge in [-0.1, -0.05) is 0 Å². The lowest BCUT2D eigenvalue weighted by Gasteiger charge is -2.22. The molecule has 1 fully saturated rings. The molecule has 148 valence electrons. The largest absolute Gasteiger partial charge is 0.337 e. The first kappa shape index (κ1) is 19.0. The number of amides is 1. The number of nitrogens with zero attached hydrogens (tertiary/aromatic N) is 5. The van der Waals surface area contributed by atoms with Gasteiger partial charge in [-0.3, -0.25) is 9.89 Å². The fourth-order valence-electron chi connectivity index (χ4n) is 3.48. The molecule has 2 aromatic heterocycles. The lowest BCUT2D eigenvalue weighted by atomic mass is 10.1. The summed E-state index contributed by atoms with van der Waals surface area (Å²) in [6.45, 7) is 4.82. The van der Waals surface area contributed by atoms with E-state index in [1.165, 1.54) is 4.31 Å². The fraction of sp³-hybridized carbons (Fsp3) is 0.412. The van der Waals surface area contributed by atoms with E-state index in [0.29, 0.717) is 48.5 Å². The van der Waals surface area contributed by atoms with Crippen molar-refractivity contribution in [3.63, 3.8) is 0 Å². The zero-order chi connectivity index (χ0) is 19.9. The van der Waals surface area contributed by atoms with Crippen molar-refractivity contribution in [2.45, 2.75) is 25.2 Å². The number of H-pyrrole nitrogens is 1.